The van der Waals surface area contributed by atoms with Gasteiger partial charge in [0.2, 0.25) is 0 Å². The largest absolute Gasteiger partial charge is 0.493 e. The summed E-state index contributed by atoms with van der Waals surface area (Å²) in [5.74, 6) is -2.61. The summed E-state index contributed by atoms with van der Waals surface area (Å²) in [6.07, 6.45) is -3.02. The van der Waals surface area contributed by atoms with Gasteiger partial charge in [0.1, 0.15) is 5.69 Å². The monoisotopic (exact) mass is 493 g/mol. The lowest BCUT2D eigenvalue weighted by molar-refractivity contribution is -0.196. The molecule has 1 heterocycles. The first-order valence-corrected chi connectivity index (χ1v) is 11.4. The van der Waals surface area contributed by atoms with Crippen molar-refractivity contribution >= 4 is 11.9 Å². The fourth-order valence-corrected chi connectivity index (χ4v) is 4.25. The Morgan fingerprint density at radius 2 is 1.61 bits per heavy atom. The molecule has 0 bridgehead atoms. The van der Waals surface area contributed by atoms with Gasteiger partial charge in [-0.15, -0.1) is 0 Å². The highest BCUT2D eigenvalue weighted by molar-refractivity contribution is 5.76. The Hall–Kier alpha value is -4.11. The maximum absolute atomic E-state index is 12.3. The number of hydrogen-bond acceptors (Lipinski definition) is 6. The van der Waals surface area contributed by atoms with Gasteiger partial charge in [-0.05, 0) is 46.7 Å². The van der Waals surface area contributed by atoms with Crippen molar-refractivity contribution in [3.05, 3.63) is 95.6 Å². The fourth-order valence-electron chi connectivity index (χ4n) is 4.25. The lowest BCUT2D eigenvalue weighted by atomic mass is 10.0. The van der Waals surface area contributed by atoms with Crippen LogP contribution in [0.5, 0.6) is 0 Å². The van der Waals surface area contributed by atoms with Gasteiger partial charge < -0.3 is 14.7 Å². The summed E-state index contributed by atoms with van der Waals surface area (Å²) in [5, 5.41) is 7.48. The molecule has 9 heteroatoms. The summed E-state index contributed by atoms with van der Waals surface area (Å²) in [6.45, 7) is 0.784. The molecule has 0 saturated heterocycles. The molecule has 4 aromatic rings. The lowest BCUT2D eigenvalue weighted by Crippen LogP contribution is -2.28. The highest BCUT2D eigenvalue weighted by atomic mass is 19.4. The van der Waals surface area contributed by atoms with Crippen LogP contribution in [-0.4, -0.2) is 23.3 Å². The van der Waals surface area contributed by atoms with Crippen LogP contribution in [0.3, 0.4) is 0 Å². The van der Waals surface area contributed by atoms with Gasteiger partial charge in [-0.2, -0.15) is 18.7 Å². The molecule has 0 unspecified atom stereocenters. The first-order chi connectivity index (χ1) is 17.3. The molecule has 1 aliphatic carbocycles. The third kappa shape index (κ3) is 5.41. The first kappa shape index (κ1) is 23.6. The minimum atomic E-state index is -5.11. The summed E-state index contributed by atoms with van der Waals surface area (Å²) in [7, 11) is 0. The van der Waals surface area contributed by atoms with Crippen LogP contribution >= 0.6 is 0 Å². The smallest absolute Gasteiger partial charge is 0.335 e. The predicted molar refractivity (Wildman–Crippen MR) is 128 cm³/mol. The highest BCUT2D eigenvalue weighted by Gasteiger charge is 2.41. The van der Waals surface area contributed by atoms with E-state index < -0.39 is 12.1 Å². The molecule has 5 rings (SSSR count). The van der Waals surface area contributed by atoms with Gasteiger partial charge in [-0.25, -0.2) is 4.79 Å². The molecule has 1 aromatic heterocycles. The van der Waals surface area contributed by atoms with E-state index in [-0.39, 0.29) is 5.88 Å². The van der Waals surface area contributed by atoms with Gasteiger partial charge in [0, 0.05) is 24.2 Å². The van der Waals surface area contributed by atoms with E-state index in [9.17, 15) is 18.0 Å². The zero-order chi connectivity index (χ0) is 25.1. The second-order valence-electron chi connectivity index (χ2n) is 8.60. The molecule has 0 atom stereocenters. The Morgan fingerprint density at radius 1 is 0.917 bits per heavy atom. The van der Waals surface area contributed by atoms with Gasteiger partial charge in [0.15, 0.2) is 0 Å². The van der Waals surface area contributed by atoms with Gasteiger partial charge in [0.25, 0.3) is 5.88 Å². The number of alkyl halides is 3. The Kier molecular flexibility index (Phi) is 6.47. The van der Waals surface area contributed by atoms with Crippen LogP contribution in [0.4, 0.5) is 19.1 Å². The summed E-state index contributed by atoms with van der Waals surface area (Å²) in [6, 6.07) is 26.1. The molecule has 2 N–H and O–H groups in total. The molecule has 0 radical (unpaired) electrons. The molecule has 184 valence electrons. The first-order valence-electron chi connectivity index (χ1n) is 11.4. The summed E-state index contributed by atoms with van der Waals surface area (Å²) in [4.78, 5) is 14.8. The molecular weight excluding hydrogens is 471 g/mol. The Morgan fingerprint density at radius 3 is 2.31 bits per heavy atom. The van der Waals surface area contributed by atoms with Crippen molar-refractivity contribution in [3.8, 4) is 22.4 Å². The number of halogens is 3. The number of nitrogens with zero attached hydrogens (tertiary/aromatic N) is 1. The van der Waals surface area contributed by atoms with Crippen molar-refractivity contribution in [1.82, 2.24) is 10.5 Å². The topological polar surface area (TPSA) is 76.4 Å². The number of hydrogen-bond donors (Lipinski definition) is 2. The maximum atomic E-state index is 12.3. The van der Waals surface area contributed by atoms with E-state index in [4.69, 9.17) is 4.52 Å². The molecule has 0 fully saturated rings. The van der Waals surface area contributed by atoms with Crippen LogP contribution in [0.2, 0.25) is 0 Å². The third-order valence-electron chi connectivity index (χ3n) is 6.08. The van der Waals surface area contributed by atoms with E-state index in [0.717, 1.165) is 30.5 Å². The van der Waals surface area contributed by atoms with Crippen molar-refractivity contribution in [2.45, 2.75) is 31.6 Å². The number of carbonyl (C=O) groups excluding carboxylic acids is 1. The van der Waals surface area contributed by atoms with Crippen molar-refractivity contribution in [1.29, 1.82) is 0 Å². The van der Waals surface area contributed by atoms with Crippen LogP contribution in [0, 0.1) is 0 Å². The molecule has 36 heavy (non-hydrogen) atoms. The molecule has 0 aliphatic heterocycles. The van der Waals surface area contributed by atoms with Gasteiger partial charge >= 0.3 is 12.1 Å². The van der Waals surface area contributed by atoms with E-state index in [1.807, 2.05) is 35.8 Å². The van der Waals surface area contributed by atoms with Crippen LogP contribution < -0.4 is 10.8 Å². The fraction of sp³-hybridized carbons (Fsp3) is 0.185. The molecule has 6 nitrogen and oxygen atoms in total. The Labute approximate surface area is 205 Å². The van der Waals surface area contributed by atoms with Crippen LogP contribution in [-0.2, 0) is 29.0 Å². The molecule has 1 aliphatic rings. The number of fused-ring (bicyclic) bond motifs is 1. The van der Waals surface area contributed by atoms with E-state index >= 15 is 0 Å². The minimum Gasteiger partial charge on any atom is -0.335 e. The van der Waals surface area contributed by atoms with Crippen molar-refractivity contribution in [2.24, 2.45) is 0 Å². The summed E-state index contributed by atoms with van der Waals surface area (Å²) < 4.78 is 41.7. The maximum Gasteiger partial charge on any atom is 0.493 e. The number of aromatic nitrogens is 1. The van der Waals surface area contributed by atoms with Gasteiger partial charge in [-0.3, -0.25) is 0 Å². The third-order valence-corrected chi connectivity index (χ3v) is 6.08. The minimum absolute atomic E-state index is 0.227. The van der Waals surface area contributed by atoms with E-state index in [0.29, 0.717) is 17.3 Å². The standard InChI is InChI=1S/C27H22F3N3O3/c28-27(29,30)26(34)36-33-25-15-24(32-35-25)22-7-3-6-19(12-22)18-10-8-17(9-11-18)16-31-23-13-20-4-1-2-5-21(20)14-23/h1-12,15,23,31,33H,13-14,16H2. The van der Waals surface area contributed by atoms with E-state index in [1.54, 1.807) is 6.07 Å². The van der Waals surface area contributed by atoms with Crippen LogP contribution in [0.1, 0.15) is 16.7 Å². The van der Waals surface area contributed by atoms with Crippen molar-refractivity contribution in [2.75, 3.05) is 5.48 Å². The summed E-state index contributed by atoms with van der Waals surface area (Å²) >= 11 is 0. The lowest BCUT2D eigenvalue weighted by Gasteiger charge is -2.12. The molecule has 3 aromatic carbocycles. The highest BCUT2D eigenvalue weighted by Crippen LogP contribution is 2.28. The van der Waals surface area contributed by atoms with Crippen LogP contribution in [0.25, 0.3) is 22.4 Å². The number of benzene rings is 3. The van der Waals surface area contributed by atoms with Crippen molar-refractivity contribution < 1.29 is 27.3 Å². The SMILES string of the molecule is O=C(ONc1cc(-c2cccc(-c3ccc(CNC4Cc5ccccc5C4)cc3)c2)no1)C(F)(F)F. The second-order valence-corrected chi connectivity index (χ2v) is 8.60. The van der Waals surface area contributed by atoms with E-state index in [1.165, 1.54) is 22.8 Å². The number of anilines is 1. The average Bonchev–Trinajstić information content (AvgIpc) is 3.53. The molecule has 0 spiro atoms. The summed E-state index contributed by atoms with van der Waals surface area (Å²) in [5.41, 5.74) is 8.87. The second kappa shape index (κ2) is 9.87. The van der Waals surface area contributed by atoms with Gasteiger partial charge in [0.05, 0.1) is 0 Å². The number of nitrogens with one attached hydrogen (secondary N) is 2. The Balaban J connectivity index is 1.20. The Bertz CT molecular complexity index is 1340. The number of rotatable bonds is 7. The zero-order valence-corrected chi connectivity index (χ0v) is 19.0. The van der Waals surface area contributed by atoms with E-state index in [2.05, 4.69) is 51.7 Å². The van der Waals surface area contributed by atoms with Gasteiger partial charge in [-0.1, -0.05) is 71.9 Å². The number of carbonyl (C=O) groups is 1. The molecule has 0 amide bonds. The predicted octanol–water partition coefficient (Wildman–Crippen LogP) is 5.70. The normalized spacial score (nSPS) is 13.4. The molecule has 0 saturated carbocycles. The van der Waals surface area contributed by atoms with Crippen molar-refractivity contribution in [3.63, 3.8) is 0 Å². The quantitative estimate of drug-likeness (QED) is 0.322. The van der Waals surface area contributed by atoms with Crippen LogP contribution in [0.15, 0.2) is 83.4 Å². The molecular formula is C27H22F3N3O3. The zero-order valence-electron chi connectivity index (χ0n) is 19.0. The average molecular weight is 493 g/mol.